The fraction of sp³-hybridized carbons (Fsp3) is 0. The maximum Gasteiger partial charge on any atom is 0.290 e. The molecule has 0 bridgehead atoms. The van der Waals surface area contributed by atoms with Crippen LogP contribution in [0.25, 0.3) is 26.9 Å². The molecule has 0 atom stereocenters. The number of benzene rings is 2. The van der Waals surface area contributed by atoms with E-state index in [9.17, 15) is 0 Å². The van der Waals surface area contributed by atoms with Crippen molar-refractivity contribution in [3.8, 4) is 10.6 Å². The Bertz CT molecular complexity index is 684. The van der Waals surface area contributed by atoms with Crippen LogP contribution in [0.4, 0.5) is 0 Å². The first-order valence-electron chi connectivity index (χ1n) is 5.95. The Morgan fingerprint density at radius 3 is 2.35 bits per heavy atom. The molecule has 1 N–H and O–H groups in total. The second-order valence-electron chi connectivity index (χ2n) is 3.92. The van der Waals surface area contributed by atoms with Crippen LogP contribution in [0.2, 0.25) is 0 Å². The minimum absolute atomic E-state index is 0.250. The van der Waals surface area contributed by atoms with Gasteiger partial charge in [-0.2, -0.15) is 0 Å². The first-order chi connectivity index (χ1) is 9.78. The maximum absolute atomic E-state index is 8.36. The van der Waals surface area contributed by atoms with Gasteiger partial charge in [0.1, 0.15) is 5.01 Å². The average molecular weight is 283 g/mol. The molecule has 100 valence electrons. The van der Waals surface area contributed by atoms with E-state index < -0.39 is 0 Å². The third-order valence-corrected chi connectivity index (χ3v) is 3.77. The third-order valence-electron chi connectivity index (χ3n) is 2.69. The maximum atomic E-state index is 8.36. The van der Waals surface area contributed by atoms with E-state index in [1.165, 1.54) is 4.70 Å². The summed E-state index contributed by atoms with van der Waals surface area (Å²) in [6, 6.07) is 16.5. The Balaban J connectivity index is 0.000000452. The van der Waals surface area contributed by atoms with Crippen LogP contribution in [0.15, 0.2) is 55.1 Å². The summed E-state index contributed by atoms with van der Waals surface area (Å²) in [7, 11) is 0. The minimum Gasteiger partial charge on any atom is -0.483 e. The molecule has 20 heavy (non-hydrogen) atoms. The van der Waals surface area contributed by atoms with E-state index >= 15 is 0 Å². The van der Waals surface area contributed by atoms with Gasteiger partial charge in [0.2, 0.25) is 0 Å². The SMILES string of the molecule is C=Cc1ccc(-c2nc3ccccc3s2)cc1.O=CO. The summed E-state index contributed by atoms with van der Waals surface area (Å²) in [4.78, 5) is 13.0. The summed E-state index contributed by atoms with van der Waals surface area (Å²) in [5, 5.41) is 7.96. The van der Waals surface area contributed by atoms with Crippen LogP contribution in [0.3, 0.4) is 0 Å². The Morgan fingerprint density at radius 1 is 1.10 bits per heavy atom. The standard InChI is InChI=1S/C15H11NS.CH2O2/c1-2-11-7-9-12(10-8-11)15-16-13-5-3-4-6-14(13)17-15;2-1-3/h2-10H,1H2;1H,(H,2,3). The Labute approximate surface area is 120 Å². The highest BCUT2D eigenvalue weighted by molar-refractivity contribution is 7.21. The van der Waals surface area contributed by atoms with Gasteiger partial charge >= 0.3 is 0 Å². The zero-order valence-corrected chi connectivity index (χ0v) is 11.5. The summed E-state index contributed by atoms with van der Waals surface area (Å²) in [5.74, 6) is 0. The molecule has 0 fully saturated rings. The first kappa shape index (κ1) is 14.0. The first-order valence-corrected chi connectivity index (χ1v) is 6.76. The number of carboxylic acid groups (broad SMARTS) is 1. The van der Waals surface area contributed by atoms with E-state index in [0.29, 0.717) is 0 Å². The van der Waals surface area contributed by atoms with Crippen molar-refractivity contribution >= 4 is 34.1 Å². The van der Waals surface area contributed by atoms with Gasteiger partial charge in [0.25, 0.3) is 6.47 Å². The van der Waals surface area contributed by atoms with Gasteiger partial charge in [0.15, 0.2) is 0 Å². The van der Waals surface area contributed by atoms with Gasteiger partial charge in [-0.05, 0) is 17.7 Å². The monoisotopic (exact) mass is 283 g/mol. The number of thiazole rings is 1. The summed E-state index contributed by atoms with van der Waals surface area (Å²) < 4.78 is 1.23. The van der Waals surface area contributed by atoms with E-state index in [1.54, 1.807) is 11.3 Å². The Morgan fingerprint density at radius 2 is 1.75 bits per heavy atom. The van der Waals surface area contributed by atoms with Gasteiger partial charge in [0, 0.05) is 5.56 Å². The minimum atomic E-state index is -0.250. The normalized spacial score (nSPS) is 9.60. The van der Waals surface area contributed by atoms with Crippen molar-refractivity contribution in [3.63, 3.8) is 0 Å². The summed E-state index contributed by atoms with van der Waals surface area (Å²) >= 11 is 1.73. The summed E-state index contributed by atoms with van der Waals surface area (Å²) in [6.07, 6.45) is 1.85. The van der Waals surface area contributed by atoms with E-state index in [4.69, 9.17) is 9.90 Å². The summed E-state index contributed by atoms with van der Waals surface area (Å²) in [6.45, 7) is 3.51. The van der Waals surface area contributed by atoms with E-state index in [1.807, 2.05) is 24.3 Å². The number of fused-ring (bicyclic) bond motifs is 1. The number of para-hydroxylation sites is 1. The second-order valence-corrected chi connectivity index (χ2v) is 4.95. The van der Waals surface area contributed by atoms with Gasteiger partial charge in [-0.3, -0.25) is 4.79 Å². The molecule has 0 spiro atoms. The van der Waals surface area contributed by atoms with Crippen LogP contribution in [-0.4, -0.2) is 16.6 Å². The van der Waals surface area contributed by atoms with Crippen molar-refractivity contribution < 1.29 is 9.90 Å². The van der Waals surface area contributed by atoms with E-state index in [0.717, 1.165) is 21.7 Å². The lowest BCUT2D eigenvalue weighted by Crippen LogP contribution is -1.76. The third kappa shape index (κ3) is 3.10. The number of carbonyl (C=O) groups is 1. The van der Waals surface area contributed by atoms with E-state index in [-0.39, 0.29) is 6.47 Å². The number of hydrogen-bond acceptors (Lipinski definition) is 3. The largest absolute Gasteiger partial charge is 0.483 e. The topological polar surface area (TPSA) is 50.2 Å². The molecule has 1 aromatic heterocycles. The highest BCUT2D eigenvalue weighted by Gasteiger charge is 2.04. The zero-order chi connectivity index (χ0) is 14.4. The van der Waals surface area contributed by atoms with Crippen LogP contribution >= 0.6 is 11.3 Å². The van der Waals surface area contributed by atoms with Gasteiger partial charge in [-0.1, -0.05) is 49.1 Å². The fourth-order valence-corrected chi connectivity index (χ4v) is 2.73. The van der Waals surface area contributed by atoms with Crippen LogP contribution < -0.4 is 0 Å². The molecule has 3 nitrogen and oxygen atoms in total. The number of rotatable bonds is 2. The van der Waals surface area contributed by atoms with Crippen molar-refractivity contribution in [2.45, 2.75) is 0 Å². The van der Waals surface area contributed by atoms with Crippen LogP contribution in [0.5, 0.6) is 0 Å². The van der Waals surface area contributed by atoms with Crippen LogP contribution in [0.1, 0.15) is 5.56 Å². The molecule has 0 aliphatic heterocycles. The Kier molecular flexibility index (Phi) is 4.63. The van der Waals surface area contributed by atoms with Gasteiger partial charge in [0.05, 0.1) is 10.2 Å². The molecule has 1 heterocycles. The van der Waals surface area contributed by atoms with Crippen molar-refractivity contribution in [3.05, 3.63) is 60.7 Å². The van der Waals surface area contributed by atoms with Crippen molar-refractivity contribution in [2.24, 2.45) is 0 Å². The molecular weight excluding hydrogens is 270 g/mol. The molecule has 3 rings (SSSR count). The van der Waals surface area contributed by atoms with Gasteiger partial charge in [-0.25, -0.2) is 4.98 Å². The van der Waals surface area contributed by atoms with Gasteiger partial charge < -0.3 is 5.11 Å². The average Bonchev–Trinajstić information content (AvgIpc) is 2.92. The van der Waals surface area contributed by atoms with Crippen molar-refractivity contribution in [1.29, 1.82) is 0 Å². The quantitative estimate of drug-likeness (QED) is 0.713. The molecule has 0 saturated carbocycles. The number of nitrogens with zero attached hydrogens (tertiary/aromatic N) is 1. The zero-order valence-electron chi connectivity index (χ0n) is 10.7. The lowest BCUT2D eigenvalue weighted by Gasteiger charge is -1.96. The van der Waals surface area contributed by atoms with Crippen molar-refractivity contribution in [1.82, 2.24) is 4.98 Å². The number of hydrogen-bond donors (Lipinski definition) is 1. The molecule has 0 amide bonds. The molecule has 3 aromatic rings. The van der Waals surface area contributed by atoms with E-state index in [2.05, 4.69) is 41.9 Å². The Hall–Kier alpha value is -2.46. The highest BCUT2D eigenvalue weighted by atomic mass is 32.1. The molecule has 2 aromatic carbocycles. The van der Waals surface area contributed by atoms with Gasteiger partial charge in [-0.15, -0.1) is 11.3 Å². The molecule has 0 radical (unpaired) electrons. The lowest BCUT2D eigenvalue weighted by molar-refractivity contribution is -0.122. The fourth-order valence-electron chi connectivity index (χ4n) is 1.76. The molecule has 0 aliphatic carbocycles. The predicted octanol–water partition coefficient (Wildman–Crippen LogP) is 4.31. The molecule has 0 unspecified atom stereocenters. The second kappa shape index (κ2) is 6.63. The van der Waals surface area contributed by atoms with Crippen LogP contribution in [-0.2, 0) is 4.79 Å². The molecule has 4 heteroatoms. The predicted molar refractivity (Wildman–Crippen MR) is 83.8 cm³/mol. The van der Waals surface area contributed by atoms with Crippen LogP contribution in [0, 0.1) is 0 Å². The molecule has 0 saturated heterocycles. The summed E-state index contributed by atoms with van der Waals surface area (Å²) in [5.41, 5.74) is 3.37. The lowest BCUT2D eigenvalue weighted by atomic mass is 10.1. The highest BCUT2D eigenvalue weighted by Crippen LogP contribution is 2.29. The molecular formula is C16H13NO2S. The molecule has 0 aliphatic rings. The smallest absolute Gasteiger partial charge is 0.290 e. The van der Waals surface area contributed by atoms with Crippen molar-refractivity contribution in [2.75, 3.05) is 0 Å². The number of aromatic nitrogens is 1.